The SMILES string of the molecule is Cc1sc(NC(=O)c2cccs2)c(C(c2ccncc2)N2CCCCC2)c1C. The Bertz CT molecular complexity index is 928. The summed E-state index contributed by atoms with van der Waals surface area (Å²) in [5, 5.41) is 6.12. The number of pyridine rings is 1. The number of rotatable bonds is 5. The molecule has 1 N–H and O–H groups in total. The Balaban J connectivity index is 1.76. The van der Waals surface area contributed by atoms with E-state index in [0.29, 0.717) is 0 Å². The van der Waals surface area contributed by atoms with Gasteiger partial charge in [-0.15, -0.1) is 22.7 Å². The average Bonchev–Trinajstić information content (AvgIpc) is 3.35. The van der Waals surface area contributed by atoms with Gasteiger partial charge in [-0.1, -0.05) is 12.5 Å². The first kappa shape index (κ1) is 19.3. The van der Waals surface area contributed by atoms with Crippen LogP contribution < -0.4 is 5.32 Å². The molecular weight excluding hydrogens is 386 g/mol. The van der Waals surface area contributed by atoms with Gasteiger partial charge < -0.3 is 5.32 Å². The van der Waals surface area contributed by atoms with Crippen LogP contribution in [0.2, 0.25) is 0 Å². The Kier molecular flexibility index (Phi) is 5.90. The number of hydrogen-bond acceptors (Lipinski definition) is 5. The second kappa shape index (κ2) is 8.55. The molecule has 1 aliphatic rings. The second-order valence-corrected chi connectivity index (χ2v) is 9.41. The molecule has 0 aliphatic carbocycles. The third kappa shape index (κ3) is 3.90. The molecule has 0 aromatic carbocycles. The molecule has 1 unspecified atom stereocenters. The van der Waals surface area contributed by atoms with Gasteiger partial charge in [0.15, 0.2) is 0 Å². The molecule has 3 aromatic rings. The van der Waals surface area contributed by atoms with E-state index < -0.39 is 0 Å². The zero-order chi connectivity index (χ0) is 19.5. The highest BCUT2D eigenvalue weighted by Gasteiger charge is 2.30. The first-order valence-electron chi connectivity index (χ1n) is 9.74. The number of piperidine rings is 1. The maximum Gasteiger partial charge on any atom is 0.266 e. The predicted octanol–water partition coefficient (Wildman–Crippen LogP) is 5.65. The van der Waals surface area contributed by atoms with Crippen LogP contribution in [0, 0.1) is 13.8 Å². The van der Waals surface area contributed by atoms with Gasteiger partial charge in [0.1, 0.15) is 5.00 Å². The molecular formula is C22H25N3OS2. The van der Waals surface area contributed by atoms with Crippen molar-refractivity contribution in [2.24, 2.45) is 0 Å². The summed E-state index contributed by atoms with van der Waals surface area (Å²) in [5.74, 6) is -0.0235. The fourth-order valence-corrected chi connectivity index (χ4v) is 5.63. The minimum atomic E-state index is -0.0235. The molecule has 6 heteroatoms. The van der Waals surface area contributed by atoms with Crippen LogP contribution >= 0.6 is 22.7 Å². The minimum absolute atomic E-state index is 0.0235. The number of hydrogen-bond donors (Lipinski definition) is 1. The number of anilines is 1. The zero-order valence-electron chi connectivity index (χ0n) is 16.3. The number of thiophene rings is 2. The summed E-state index contributed by atoms with van der Waals surface area (Å²) in [6.45, 7) is 6.49. The summed E-state index contributed by atoms with van der Waals surface area (Å²) >= 11 is 3.16. The molecule has 4 heterocycles. The first-order valence-corrected chi connectivity index (χ1v) is 11.4. The minimum Gasteiger partial charge on any atom is -0.313 e. The van der Waals surface area contributed by atoms with Crippen LogP contribution in [0.5, 0.6) is 0 Å². The maximum absolute atomic E-state index is 12.8. The molecule has 0 bridgehead atoms. The van der Waals surface area contributed by atoms with Crippen LogP contribution in [0.3, 0.4) is 0 Å². The van der Waals surface area contributed by atoms with E-state index in [1.54, 1.807) is 11.3 Å². The van der Waals surface area contributed by atoms with Gasteiger partial charge in [0.25, 0.3) is 5.91 Å². The molecule has 0 spiro atoms. The summed E-state index contributed by atoms with van der Waals surface area (Å²) in [7, 11) is 0. The van der Waals surface area contributed by atoms with Crippen LogP contribution in [-0.2, 0) is 0 Å². The third-order valence-corrected chi connectivity index (χ3v) is 7.46. The van der Waals surface area contributed by atoms with Crippen molar-refractivity contribution in [3.63, 3.8) is 0 Å². The Hall–Kier alpha value is -2.02. The number of nitrogens with one attached hydrogen (secondary N) is 1. The van der Waals surface area contributed by atoms with E-state index >= 15 is 0 Å². The van der Waals surface area contributed by atoms with Gasteiger partial charge in [0.2, 0.25) is 0 Å². The Labute approximate surface area is 174 Å². The summed E-state index contributed by atoms with van der Waals surface area (Å²) in [6.07, 6.45) is 7.47. The van der Waals surface area contributed by atoms with Gasteiger partial charge in [-0.25, -0.2) is 0 Å². The molecule has 4 nitrogen and oxygen atoms in total. The number of amides is 1. The fourth-order valence-electron chi connectivity index (χ4n) is 3.92. The summed E-state index contributed by atoms with van der Waals surface area (Å²) < 4.78 is 0. The lowest BCUT2D eigenvalue weighted by atomic mass is 9.94. The van der Waals surface area contributed by atoms with Gasteiger partial charge >= 0.3 is 0 Å². The van der Waals surface area contributed by atoms with Gasteiger partial charge in [-0.3, -0.25) is 14.7 Å². The lowest BCUT2D eigenvalue weighted by Crippen LogP contribution is -2.35. The third-order valence-electron chi connectivity index (χ3n) is 5.45. The summed E-state index contributed by atoms with van der Waals surface area (Å²) in [6, 6.07) is 8.15. The standard InChI is InChI=1S/C22H25N3OS2/c1-15-16(2)28-22(24-21(26)18-7-6-14-27-18)19(15)20(17-8-10-23-11-9-17)25-12-4-3-5-13-25/h6-11,14,20H,3-5,12-13H2,1-2H3,(H,24,26). The molecule has 1 fully saturated rings. The smallest absolute Gasteiger partial charge is 0.266 e. The molecule has 28 heavy (non-hydrogen) atoms. The Morgan fingerprint density at radius 2 is 1.89 bits per heavy atom. The monoisotopic (exact) mass is 411 g/mol. The number of carbonyl (C=O) groups excluding carboxylic acids is 1. The quantitative estimate of drug-likeness (QED) is 0.590. The van der Waals surface area contributed by atoms with E-state index in [1.807, 2.05) is 29.9 Å². The zero-order valence-corrected chi connectivity index (χ0v) is 17.9. The largest absolute Gasteiger partial charge is 0.313 e. The fraction of sp³-hybridized carbons (Fsp3) is 0.364. The molecule has 0 saturated carbocycles. The van der Waals surface area contributed by atoms with Gasteiger partial charge in [0.05, 0.1) is 10.9 Å². The predicted molar refractivity (Wildman–Crippen MR) is 118 cm³/mol. The molecule has 1 aliphatic heterocycles. The normalized spacial score (nSPS) is 16.1. The molecule has 1 saturated heterocycles. The van der Waals surface area contributed by atoms with Crippen LogP contribution in [0.25, 0.3) is 0 Å². The summed E-state index contributed by atoms with van der Waals surface area (Å²) in [5.41, 5.74) is 3.75. The number of carbonyl (C=O) groups is 1. The van der Waals surface area contributed by atoms with Crippen molar-refractivity contribution in [1.29, 1.82) is 0 Å². The van der Waals surface area contributed by atoms with Crippen molar-refractivity contribution in [2.75, 3.05) is 18.4 Å². The summed E-state index contributed by atoms with van der Waals surface area (Å²) in [4.78, 5) is 21.5. The van der Waals surface area contributed by atoms with Crippen molar-refractivity contribution in [1.82, 2.24) is 9.88 Å². The second-order valence-electron chi connectivity index (χ2n) is 7.24. The van der Waals surface area contributed by atoms with Crippen molar-refractivity contribution < 1.29 is 4.79 Å². The number of nitrogens with zero attached hydrogens (tertiary/aromatic N) is 2. The number of aryl methyl sites for hydroxylation is 1. The lowest BCUT2D eigenvalue weighted by Gasteiger charge is -2.35. The van der Waals surface area contributed by atoms with E-state index in [1.165, 1.54) is 52.2 Å². The molecule has 0 radical (unpaired) electrons. The van der Waals surface area contributed by atoms with Crippen LogP contribution in [-0.4, -0.2) is 28.9 Å². The van der Waals surface area contributed by atoms with E-state index in [-0.39, 0.29) is 11.9 Å². The Morgan fingerprint density at radius 3 is 2.57 bits per heavy atom. The first-order chi connectivity index (χ1) is 13.6. The van der Waals surface area contributed by atoms with Crippen molar-refractivity contribution in [3.8, 4) is 0 Å². The maximum atomic E-state index is 12.8. The molecule has 1 atom stereocenters. The van der Waals surface area contributed by atoms with E-state index in [2.05, 4.69) is 41.2 Å². The highest BCUT2D eigenvalue weighted by molar-refractivity contribution is 7.17. The van der Waals surface area contributed by atoms with Crippen molar-refractivity contribution >= 4 is 33.6 Å². The van der Waals surface area contributed by atoms with Crippen LogP contribution in [0.1, 0.15) is 56.5 Å². The van der Waals surface area contributed by atoms with Crippen LogP contribution in [0.15, 0.2) is 42.0 Å². The molecule has 3 aromatic heterocycles. The Morgan fingerprint density at radius 1 is 1.14 bits per heavy atom. The van der Waals surface area contributed by atoms with E-state index in [4.69, 9.17) is 0 Å². The topological polar surface area (TPSA) is 45.2 Å². The van der Waals surface area contributed by atoms with Crippen molar-refractivity contribution in [3.05, 3.63) is 68.5 Å². The molecule has 146 valence electrons. The average molecular weight is 412 g/mol. The van der Waals surface area contributed by atoms with Crippen LogP contribution in [0.4, 0.5) is 5.00 Å². The van der Waals surface area contributed by atoms with E-state index in [9.17, 15) is 4.79 Å². The highest BCUT2D eigenvalue weighted by atomic mass is 32.1. The van der Waals surface area contributed by atoms with Gasteiger partial charge in [0, 0.05) is 22.8 Å². The van der Waals surface area contributed by atoms with E-state index in [0.717, 1.165) is 23.0 Å². The number of aromatic nitrogens is 1. The van der Waals surface area contributed by atoms with Crippen molar-refractivity contribution in [2.45, 2.75) is 39.2 Å². The molecule has 4 rings (SSSR count). The molecule has 1 amide bonds. The lowest BCUT2D eigenvalue weighted by molar-refractivity contribution is 0.103. The number of likely N-dealkylation sites (tertiary alicyclic amines) is 1. The van der Waals surface area contributed by atoms with Gasteiger partial charge in [-0.2, -0.15) is 0 Å². The highest BCUT2D eigenvalue weighted by Crippen LogP contribution is 2.43. The van der Waals surface area contributed by atoms with Gasteiger partial charge in [-0.05, 0) is 74.5 Å².